The number of primary amides is 1. The molecule has 2 N–H and O–H groups in total. The number of hydrogen-bond acceptors (Lipinski definition) is 2. The number of halogens is 1. The Morgan fingerprint density at radius 3 is 2.94 bits per heavy atom. The van der Waals surface area contributed by atoms with Gasteiger partial charge in [-0.25, -0.2) is 4.98 Å². The average molecular weight is 238 g/mol. The van der Waals surface area contributed by atoms with Gasteiger partial charge in [-0.05, 0) is 18.6 Å². The number of nitrogens with two attached hydrogens (primary N) is 1. The fourth-order valence-corrected chi connectivity index (χ4v) is 1.97. The maximum absolute atomic E-state index is 11.0. The Bertz CT molecular complexity index is 547. The van der Waals surface area contributed by atoms with Crippen LogP contribution in [-0.2, 0) is 17.2 Å². The molecule has 0 saturated carbocycles. The van der Waals surface area contributed by atoms with Gasteiger partial charge in [0.1, 0.15) is 12.4 Å². The summed E-state index contributed by atoms with van der Waals surface area (Å²) in [6.45, 7) is 2.09. The molecule has 0 bridgehead atoms. The van der Waals surface area contributed by atoms with Gasteiger partial charge >= 0.3 is 0 Å². The number of amides is 1. The normalized spacial score (nSPS) is 10.9. The van der Waals surface area contributed by atoms with Crippen molar-refractivity contribution in [1.29, 1.82) is 0 Å². The molecule has 5 heteroatoms. The lowest BCUT2D eigenvalue weighted by molar-refractivity contribution is -0.118. The molecule has 0 aliphatic heterocycles. The molecule has 0 aliphatic carbocycles. The van der Waals surface area contributed by atoms with E-state index < -0.39 is 5.91 Å². The van der Waals surface area contributed by atoms with E-state index in [-0.39, 0.29) is 12.4 Å². The van der Waals surface area contributed by atoms with Gasteiger partial charge in [-0.1, -0.05) is 12.1 Å². The summed E-state index contributed by atoms with van der Waals surface area (Å²) in [5.74, 6) is 0.540. The third-order valence-corrected chi connectivity index (χ3v) is 2.73. The van der Waals surface area contributed by atoms with E-state index in [1.54, 1.807) is 4.57 Å². The molecule has 1 heterocycles. The summed E-state index contributed by atoms with van der Waals surface area (Å²) in [6.07, 6.45) is 0. The molecule has 2 rings (SSSR count). The molecule has 0 unspecified atom stereocenters. The van der Waals surface area contributed by atoms with Gasteiger partial charge in [-0.15, -0.1) is 11.6 Å². The second kappa shape index (κ2) is 4.14. The molecule has 1 amide bonds. The summed E-state index contributed by atoms with van der Waals surface area (Å²) < 4.78 is 1.76. The van der Waals surface area contributed by atoms with E-state index in [0.717, 1.165) is 16.6 Å². The predicted molar refractivity (Wildman–Crippen MR) is 63.2 cm³/mol. The Kier molecular flexibility index (Phi) is 2.83. The second-order valence-corrected chi connectivity index (χ2v) is 3.92. The molecule has 1 aromatic carbocycles. The molecule has 84 valence electrons. The van der Waals surface area contributed by atoms with Crippen LogP contribution in [0, 0.1) is 6.92 Å². The predicted octanol–water partition coefficient (Wildman–Crippen LogP) is 1.57. The van der Waals surface area contributed by atoms with E-state index in [9.17, 15) is 4.79 Å². The fourth-order valence-electron chi connectivity index (χ4n) is 1.77. The van der Waals surface area contributed by atoms with Crippen molar-refractivity contribution in [3.05, 3.63) is 29.6 Å². The highest BCUT2D eigenvalue weighted by molar-refractivity contribution is 6.16. The Labute approximate surface area is 98.0 Å². The van der Waals surface area contributed by atoms with Crippen LogP contribution in [0.2, 0.25) is 0 Å². The SMILES string of the molecule is Cc1cccc2c1nc(CCl)n2CC(N)=O. The van der Waals surface area contributed by atoms with Crippen molar-refractivity contribution in [3.8, 4) is 0 Å². The number of hydrogen-bond donors (Lipinski definition) is 1. The van der Waals surface area contributed by atoms with Crippen LogP contribution in [0.1, 0.15) is 11.4 Å². The van der Waals surface area contributed by atoms with Crippen molar-refractivity contribution >= 4 is 28.5 Å². The number of para-hydroxylation sites is 1. The smallest absolute Gasteiger partial charge is 0.237 e. The van der Waals surface area contributed by atoms with Crippen LogP contribution in [0.3, 0.4) is 0 Å². The fraction of sp³-hybridized carbons (Fsp3) is 0.273. The molecule has 1 aromatic heterocycles. The molecular formula is C11H12ClN3O. The number of aromatic nitrogens is 2. The molecule has 0 spiro atoms. The Morgan fingerprint density at radius 1 is 1.56 bits per heavy atom. The largest absolute Gasteiger partial charge is 0.368 e. The molecule has 0 saturated heterocycles. The van der Waals surface area contributed by atoms with Gasteiger partial charge in [0.05, 0.1) is 16.9 Å². The van der Waals surface area contributed by atoms with E-state index in [1.807, 2.05) is 25.1 Å². The van der Waals surface area contributed by atoms with E-state index in [0.29, 0.717) is 5.82 Å². The first-order valence-corrected chi connectivity index (χ1v) is 5.46. The van der Waals surface area contributed by atoms with Gasteiger partial charge in [0.25, 0.3) is 0 Å². The third kappa shape index (κ3) is 1.76. The topological polar surface area (TPSA) is 60.9 Å². The number of aryl methyl sites for hydroxylation is 1. The Morgan fingerprint density at radius 2 is 2.31 bits per heavy atom. The van der Waals surface area contributed by atoms with Crippen LogP contribution in [0.5, 0.6) is 0 Å². The van der Waals surface area contributed by atoms with Gasteiger partial charge in [0, 0.05) is 0 Å². The second-order valence-electron chi connectivity index (χ2n) is 3.66. The monoisotopic (exact) mass is 237 g/mol. The zero-order valence-corrected chi connectivity index (χ0v) is 9.66. The third-order valence-electron chi connectivity index (χ3n) is 2.49. The van der Waals surface area contributed by atoms with Crippen molar-refractivity contribution in [2.24, 2.45) is 5.73 Å². The number of alkyl halides is 1. The molecule has 16 heavy (non-hydrogen) atoms. The molecule has 4 nitrogen and oxygen atoms in total. The molecule has 0 atom stereocenters. The van der Waals surface area contributed by atoms with E-state index in [1.165, 1.54) is 0 Å². The van der Waals surface area contributed by atoms with E-state index >= 15 is 0 Å². The summed E-state index contributed by atoms with van der Waals surface area (Å²) in [5.41, 5.74) is 8.04. The van der Waals surface area contributed by atoms with Gasteiger partial charge in [0.2, 0.25) is 5.91 Å². The van der Waals surface area contributed by atoms with Crippen molar-refractivity contribution in [2.45, 2.75) is 19.3 Å². The number of carbonyl (C=O) groups is 1. The summed E-state index contributed by atoms with van der Waals surface area (Å²) in [5, 5.41) is 0. The van der Waals surface area contributed by atoms with Gasteiger partial charge in [-0.3, -0.25) is 4.79 Å². The van der Waals surface area contributed by atoms with Gasteiger partial charge < -0.3 is 10.3 Å². The summed E-state index contributed by atoms with van der Waals surface area (Å²) in [4.78, 5) is 15.4. The minimum Gasteiger partial charge on any atom is -0.368 e. The van der Waals surface area contributed by atoms with Crippen LogP contribution < -0.4 is 5.73 Å². The van der Waals surface area contributed by atoms with E-state index in [2.05, 4.69) is 4.98 Å². The van der Waals surface area contributed by atoms with Gasteiger partial charge in [0.15, 0.2) is 0 Å². The summed E-state index contributed by atoms with van der Waals surface area (Å²) >= 11 is 5.80. The van der Waals surface area contributed by atoms with Crippen molar-refractivity contribution in [1.82, 2.24) is 9.55 Å². The van der Waals surface area contributed by atoms with Crippen LogP contribution in [-0.4, -0.2) is 15.5 Å². The van der Waals surface area contributed by atoms with E-state index in [4.69, 9.17) is 17.3 Å². The first kappa shape index (κ1) is 11.0. The highest BCUT2D eigenvalue weighted by Crippen LogP contribution is 2.20. The van der Waals surface area contributed by atoms with Crippen LogP contribution in [0.4, 0.5) is 0 Å². The van der Waals surface area contributed by atoms with Crippen molar-refractivity contribution < 1.29 is 4.79 Å². The zero-order valence-electron chi connectivity index (χ0n) is 8.90. The first-order valence-electron chi connectivity index (χ1n) is 4.92. The lowest BCUT2D eigenvalue weighted by atomic mass is 10.2. The van der Waals surface area contributed by atoms with Gasteiger partial charge in [-0.2, -0.15) is 0 Å². The number of benzene rings is 1. The number of nitrogens with zero attached hydrogens (tertiary/aromatic N) is 2. The van der Waals surface area contributed by atoms with Crippen molar-refractivity contribution in [3.63, 3.8) is 0 Å². The number of carbonyl (C=O) groups excluding carboxylic acids is 1. The standard InChI is InChI=1S/C11H12ClN3O/c1-7-3-2-4-8-11(7)14-10(5-12)15(8)6-9(13)16/h2-4H,5-6H2,1H3,(H2,13,16). The highest BCUT2D eigenvalue weighted by atomic mass is 35.5. The van der Waals surface area contributed by atoms with Crippen LogP contribution in [0.15, 0.2) is 18.2 Å². The van der Waals surface area contributed by atoms with Crippen LogP contribution >= 0.6 is 11.6 Å². The number of rotatable bonds is 3. The molecule has 2 aromatic rings. The quantitative estimate of drug-likeness (QED) is 0.824. The van der Waals surface area contributed by atoms with Crippen LogP contribution in [0.25, 0.3) is 11.0 Å². The summed E-state index contributed by atoms with van der Waals surface area (Å²) in [6, 6.07) is 5.81. The highest BCUT2D eigenvalue weighted by Gasteiger charge is 2.12. The molecule has 0 aliphatic rings. The zero-order chi connectivity index (χ0) is 11.7. The number of fused-ring (bicyclic) bond motifs is 1. The lowest BCUT2D eigenvalue weighted by Gasteiger charge is -2.04. The summed E-state index contributed by atoms with van der Waals surface area (Å²) in [7, 11) is 0. The lowest BCUT2D eigenvalue weighted by Crippen LogP contribution is -2.19. The molecular weight excluding hydrogens is 226 g/mol. The Balaban J connectivity index is 2.68. The number of imidazole rings is 1. The molecule has 0 radical (unpaired) electrons. The van der Waals surface area contributed by atoms with Crippen molar-refractivity contribution in [2.75, 3.05) is 0 Å². The minimum atomic E-state index is -0.396. The Hall–Kier alpha value is -1.55. The maximum atomic E-state index is 11.0. The average Bonchev–Trinajstić information content (AvgIpc) is 2.58. The maximum Gasteiger partial charge on any atom is 0.237 e. The minimum absolute atomic E-state index is 0.113. The first-order chi connectivity index (χ1) is 7.63. The molecule has 0 fully saturated rings.